The van der Waals surface area contributed by atoms with E-state index in [1.165, 1.54) is 0 Å². The number of benzene rings is 1. The summed E-state index contributed by atoms with van der Waals surface area (Å²) in [6.45, 7) is 1.95. The van der Waals surface area contributed by atoms with Gasteiger partial charge in [-0.2, -0.15) is 5.26 Å². The molecule has 0 saturated carbocycles. The van der Waals surface area contributed by atoms with Gasteiger partial charge in [-0.3, -0.25) is 0 Å². The van der Waals surface area contributed by atoms with E-state index in [9.17, 15) is 0 Å². The molecule has 1 heterocycles. The van der Waals surface area contributed by atoms with Gasteiger partial charge in [0.15, 0.2) is 0 Å². The normalized spacial score (nSPS) is 13.9. The molecular formula is C14H14BrN3. The van der Waals surface area contributed by atoms with Crippen LogP contribution in [0, 0.1) is 11.3 Å². The lowest BCUT2D eigenvalue weighted by Gasteiger charge is -2.24. The summed E-state index contributed by atoms with van der Waals surface area (Å²) >= 11 is 3.46. The Kier molecular flexibility index (Phi) is 3.85. The Hall–Kier alpha value is -1.57. The van der Waals surface area contributed by atoms with Gasteiger partial charge in [-0.25, -0.2) is 0 Å². The molecule has 2 rings (SSSR count). The molecule has 2 aromatic rings. The van der Waals surface area contributed by atoms with E-state index in [1.54, 1.807) is 6.07 Å². The fourth-order valence-corrected chi connectivity index (χ4v) is 2.56. The molecule has 2 unspecified atom stereocenters. The minimum Gasteiger partial charge on any atom is -0.330 e. The molecule has 0 bridgehead atoms. The smallest absolute Gasteiger partial charge is 0.120 e. The Morgan fingerprint density at radius 2 is 2.11 bits per heavy atom. The van der Waals surface area contributed by atoms with Crippen molar-refractivity contribution >= 4 is 15.9 Å². The van der Waals surface area contributed by atoms with Crippen LogP contribution in [0.1, 0.15) is 24.2 Å². The number of rotatable bonds is 3. The van der Waals surface area contributed by atoms with Crippen molar-refractivity contribution in [2.45, 2.75) is 19.0 Å². The molecule has 0 saturated heterocycles. The molecule has 3 nitrogen and oxygen atoms in total. The van der Waals surface area contributed by atoms with E-state index in [2.05, 4.69) is 22.0 Å². The maximum absolute atomic E-state index is 9.12. The van der Waals surface area contributed by atoms with Crippen LogP contribution < -0.4 is 5.73 Å². The van der Waals surface area contributed by atoms with Gasteiger partial charge in [0.25, 0.3) is 0 Å². The van der Waals surface area contributed by atoms with E-state index in [1.807, 2.05) is 48.0 Å². The van der Waals surface area contributed by atoms with E-state index >= 15 is 0 Å². The van der Waals surface area contributed by atoms with Gasteiger partial charge in [0.1, 0.15) is 11.8 Å². The molecule has 0 radical (unpaired) electrons. The Balaban J connectivity index is 2.51. The lowest BCUT2D eigenvalue weighted by molar-refractivity contribution is 0.494. The summed E-state index contributed by atoms with van der Waals surface area (Å²) in [5.74, 6) is 0. The summed E-state index contributed by atoms with van der Waals surface area (Å²) in [5, 5.41) is 9.12. The molecule has 0 aliphatic rings. The summed E-state index contributed by atoms with van der Waals surface area (Å²) in [4.78, 5) is 0. The predicted molar refractivity (Wildman–Crippen MR) is 75.1 cm³/mol. The highest BCUT2D eigenvalue weighted by molar-refractivity contribution is 9.10. The first kappa shape index (κ1) is 12.9. The molecule has 0 aliphatic heterocycles. The average Bonchev–Trinajstić information content (AvgIpc) is 2.77. The van der Waals surface area contributed by atoms with Gasteiger partial charge in [-0.05, 0) is 36.8 Å². The third-order valence-corrected chi connectivity index (χ3v) is 3.37. The van der Waals surface area contributed by atoms with Crippen molar-refractivity contribution in [1.82, 2.24) is 4.57 Å². The molecule has 4 heteroatoms. The first-order valence-electron chi connectivity index (χ1n) is 5.71. The second-order valence-electron chi connectivity index (χ2n) is 4.27. The first-order valence-corrected chi connectivity index (χ1v) is 6.50. The highest BCUT2D eigenvalue weighted by Crippen LogP contribution is 2.25. The second kappa shape index (κ2) is 5.38. The average molecular weight is 304 g/mol. The summed E-state index contributed by atoms with van der Waals surface area (Å²) in [7, 11) is 0. The Bertz CT molecular complexity index is 581. The van der Waals surface area contributed by atoms with E-state index in [4.69, 9.17) is 11.0 Å². The fourth-order valence-electron chi connectivity index (χ4n) is 2.14. The van der Waals surface area contributed by atoms with Crippen LogP contribution in [0.15, 0.2) is 47.1 Å². The van der Waals surface area contributed by atoms with Crippen molar-refractivity contribution in [3.8, 4) is 6.07 Å². The van der Waals surface area contributed by atoms with E-state index < -0.39 is 0 Å². The summed E-state index contributed by atoms with van der Waals surface area (Å²) in [6.07, 6.45) is 1.90. The Morgan fingerprint density at radius 1 is 1.33 bits per heavy atom. The standard InChI is InChI=1S/C14H14BrN3/c1-10(17)14(11-4-2-5-12(15)8-11)18-7-3-6-13(18)9-16/h2-8,10,14H,17H2,1H3. The van der Waals surface area contributed by atoms with Gasteiger partial charge in [0, 0.05) is 16.7 Å². The van der Waals surface area contributed by atoms with Gasteiger partial charge in [-0.1, -0.05) is 28.1 Å². The predicted octanol–water partition coefficient (Wildman–Crippen LogP) is 3.06. The van der Waals surface area contributed by atoms with Crippen LogP contribution in [0.25, 0.3) is 0 Å². The van der Waals surface area contributed by atoms with Gasteiger partial charge in [-0.15, -0.1) is 0 Å². The molecule has 2 N–H and O–H groups in total. The highest BCUT2D eigenvalue weighted by atomic mass is 79.9. The van der Waals surface area contributed by atoms with Crippen LogP contribution in [0.3, 0.4) is 0 Å². The van der Waals surface area contributed by atoms with Crippen LogP contribution >= 0.6 is 15.9 Å². The number of hydrogen-bond donors (Lipinski definition) is 1. The summed E-state index contributed by atoms with van der Waals surface area (Å²) in [6, 6.07) is 13.8. The zero-order valence-corrected chi connectivity index (χ0v) is 11.6. The lowest BCUT2D eigenvalue weighted by atomic mass is 10.0. The van der Waals surface area contributed by atoms with Gasteiger partial charge in [0.2, 0.25) is 0 Å². The van der Waals surface area contributed by atoms with Crippen LogP contribution in [0.4, 0.5) is 0 Å². The third-order valence-electron chi connectivity index (χ3n) is 2.88. The largest absolute Gasteiger partial charge is 0.330 e. The van der Waals surface area contributed by atoms with Crippen LogP contribution in [0.2, 0.25) is 0 Å². The number of hydrogen-bond acceptors (Lipinski definition) is 2. The molecule has 2 atom stereocenters. The van der Waals surface area contributed by atoms with Crippen molar-refractivity contribution < 1.29 is 0 Å². The van der Waals surface area contributed by atoms with Gasteiger partial charge < -0.3 is 10.3 Å². The zero-order valence-electron chi connectivity index (χ0n) is 10.0. The fraction of sp³-hybridized carbons (Fsp3) is 0.214. The van der Waals surface area contributed by atoms with Crippen molar-refractivity contribution in [3.05, 3.63) is 58.3 Å². The maximum Gasteiger partial charge on any atom is 0.120 e. The van der Waals surface area contributed by atoms with E-state index in [0.717, 1.165) is 10.0 Å². The molecule has 0 fully saturated rings. The van der Waals surface area contributed by atoms with Crippen molar-refractivity contribution in [3.63, 3.8) is 0 Å². The number of aromatic nitrogens is 1. The van der Waals surface area contributed by atoms with E-state index in [0.29, 0.717) is 5.69 Å². The van der Waals surface area contributed by atoms with Crippen LogP contribution in [0.5, 0.6) is 0 Å². The number of nitrogens with zero attached hydrogens (tertiary/aromatic N) is 2. The van der Waals surface area contributed by atoms with Crippen LogP contribution in [-0.2, 0) is 0 Å². The lowest BCUT2D eigenvalue weighted by Crippen LogP contribution is -2.30. The second-order valence-corrected chi connectivity index (χ2v) is 5.19. The van der Waals surface area contributed by atoms with Crippen molar-refractivity contribution in [2.75, 3.05) is 0 Å². The SMILES string of the molecule is CC(N)C(c1cccc(Br)c1)n1cccc1C#N. The Morgan fingerprint density at radius 3 is 2.72 bits per heavy atom. The third kappa shape index (κ3) is 2.47. The number of nitriles is 1. The van der Waals surface area contributed by atoms with E-state index in [-0.39, 0.29) is 12.1 Å². The quantitative estimate of drug-likeness (QED) is 0.947. The Labute approximate surface area is 115 Å². The monoisotopic (exact) mass is 303 g/mol. The first-order chi connectivity index (χ1) is 8.63. The van der Waals surface area contributed by atoms with Gasteiger partial charge in [0.05, 0.1) is 6.04 Å². The van der Waals surface area contributed by atoms with Crippen molar-refractivity contribution in [1.29, 1.82) is 5.26 Å². The number of nitrogens with two attached hydrogens (primary N) is 1. The molecule has 18 heavy (non-hydrogen) atoms. The minimum atomic E-state index is -0.0844. The minimum absolute atomic E-state index is 0.0350. The summed E-state index contributed by atoms with van der Waals surface area (Å²) in [5.41, 5.74) is 7.80. The molecule has 1 aromatic carbocycles. The summed E-state index contributed by atoms with van der Waals surface area (Å²) < 4.78 is 2.93. The molecule has 92 valence electrons. The molecule has 0 aliphatic carbocycles. The number of halogens is 1. The van der Waals surface area contributed by atoms with Crippen molar-refractivity contribution in [2.24, 2.45) is 5.73 Å². The molecule has 1 aromatic heterocycles. The molecular weight excluding hydrogens is 290 g/mol. The topological polar surface area (TPSA) is 54.7 Å². The maximum atomic E-state index is 9.12. The van der Waals surface area contributed by atoms with Crippen LogP contribution in [-0.4, -0.2) is 10.6 Å². The highest BCUT2D eigenvalue weighted by Gasteiger charge is 2.20. The molecule has 0 amide bonds. The molecule has 0 spiro atoms. The zero-order chi connectivity index (χ0) is 13.1. The van der Waals surface area contributed by atoms with Gasteiger partial charge >= 0.3 is 0 Å².